The minimum Gasteiger partial charge on any atom is -0.494 e. The number of piperidine rings is 1. The molecule has 1 saturated heterocycles. The Bertz CT molecular complexity index is 728. The lowest BCUT2D eigenvalue weighted by Crippen LogP contribution is -2.43. The van der Waals surface area contributed by atoms with Gasteiger partial charge >= 0.3 is 0 Å². The third-order valence-corrected chi connectivity index (χ3v) is 6.63. The van der Waals surface area contributed by atoms with Gasteiger partial charge in [-0.3, -0.25) is 4.79 Å². The van der Waals surface area contributed by atoms with Crippen molar-refractivity contribution in [3.05, 3.63) is 23.8 Å². The molecule has 0 aromatic heterocycles. The molecule has 1 aromatic carbocycles. The van der Waals surface area contributed by atoms with E-state index >= 15 is 0 Å². The summed E-state index contributed by atoms with van der Waals surface area (Å²) in [6, 6.07) is 4.93. The number of amides is 1. The van der Waals surface area contributed by atoms with Gasteiger partial charge in [0.25, 0.3) is 0 Å². The number of aryl methyl sites for hydroxylation is 1. The lowest BCUT2D eigenvalue weighted by molar-refractivity contribution is -0.126. The van der Waals surface area contributed by atoms with Crippen molar-refractivity contribution >= 4 is 15.9 Å². The van der Waals surface area contributed by atoms with E-state index in [0.29, 0.717) is 51.4 Å². The monoisotopic (exact) mass is 398 g/mol. The van der Waals surface area contributed by atoms with E-state index in [2.05, 4.69) is 5.32 Å². The molecule has 27 heavy (non-hydrogen) atoms. The maximum absolute atomic E-state index is 12.9. The molecule has 7 nitrogen and oxygen atoms in total. The zero-order valence-electron chi connectivity index (χ0n) is 16.4. The molecule has 0 aliphatic carbocycles. The predicted molar refractivity (Wildman–Crippen MR) is 103 cm³/mol. The minimum absolute atomic E-state index is 0.0000581. The number of carbonyl (C=O) groups is 1. The maximum Gasteiger partial charge on any atom is 0.243 e. The van der Waals surface area contributed by atoms with Gasteiger partial charge in [-0.05, 0) is 56.9 Å². The summed E-state index contributed by atoms with van der Waals surface area (Å²) in [6.07, 6.45) is 1.84. The number of sulfonamides is 1. The van der Waals surface area contributed by atoms with Crippen LogP contribution in [0, 0.1) is 12.8 Å². The Labute approximate surface area is 162 Å². The molecule has 0 unspecified atom stereocenters. The number of hydrogen-bond acceptors (Lipinski definition) is 5. The van der Waals surface area contributed by atoms with Gasteiger partial charge in [0.15, 0.2) is 0 Å². The van der Waals surface area contributed by atoms with Gasteiger partial charge in [-0.25, -0.2) is 8.42 Å². The molecule has 1 heterocycles. The zero-order chi connectivity index (χ0) is 19.9. The summed E-state index contributed by atoms with van der Waals surface area (Å²) >= 11 is 0. The molecule has 1 N–H and O–H groups in total. The second-order valence-electron chi connectivity index (χ2n) is 6.68. The fourth-order valence-electron chi connectivity index (χ4n) is 3.18. The fraction of sp³-hybridized carbons (Fsp3) is 0.632. The maximum atomic E-state index is 12.9. The number of methoxy groups -OCH3 is 1. The highest BCUT2D eigenvalue weighted by Gasteiger charge is 2.32. The molecule has 2 rings (SSSR count). The SMILES string of the molecule is CCOc1ccc(S(=O)(=O)N2CCC(C(=O)NCCCOC)CC2)cc1C. The summed E-state index contributed by atoms with van der Waals surface area (Å²) in [5, 5.41) is 2.90. The van der Waals surface area contributed by atoms with Crippen molar-refractivity contribution in [3.63, 3.8) is 0 Å². The number of ether oxygens (including phenoxy) is 2. The number of nitrogens with zero attached hydrogens (tertiary/aromatic N) is 1. The van der Waals surface area contributed by atoms with Gasteiger partial charge in [0.2, 0.25) is 15.9 Å². The summed E-state index contributed by atoms with van der Waals surface area (Å²) in [7, 11) is -1.93. The van der Waals surface area contributed by atoms with Crippen molar-refractivity contribution < 1.29 is 22.7 Å². The van der Waals surface area contributed by atoms with E-state index in [1.807, 2.05) is 13.8 Å². The zero-order valence-corrected chi connectivity index (χ0v) is 17.2. The first kappa shape index (κ1) is 21.7. The van der Waals surface area contributed by atoms with Crippen molar-refractivity contribution in [1.29, 1.82) is 0 Å². The van der Waals surface area contributed by atoms with Crippen molar-refractivity contribution in [2.45, 2.75) is 38.0 Å². The lowest BCUT2D eigenvalue weighted by Gasteiger charge is -2.30. The third-order valence-electron chi connectivity index (χ3n) is 4.73. The average molecular weight is 399 g/mol. The number of rotatable bonds is 9. The van der Waals surface area contributed by atoms with Crippen LogP contribution >= 0.6 is 0 Å². The van der Waals surface area contributed by atoms with Crippen LogP contribution in [0.4, 0.5) is 0 Å². The van der Waals surface area contributed by atoms with Crippen LogP contribution in [0.25, 0.3) is 0 Å². The van der Waals surface area contributed by atoms with E-state index in [9.17, 15) is 13.2 Å². The van der Waals surface area contributed by atoms with Crippen LogP contribution in [0.3, 0.4) is 0 Å². The van der Waals surface area contributed by atoms with Gasteiger partial charge in [-0.1, -0.05) is 0 Å². The van der Waals surface area contributed by atoms with Crippen LogP contribution in [0.15, 0.2) is 23.1 Å². The molecule has 1 amide bonds. The highest BCUT2D eigenvalue weighted by atomic mass is 32.2. The summed E-state index contributed by atoms with van der Waals surface area (Å²) in [4.78, 5) is 12.5. The van der Waals surface area contributed by atoms with E-state index in [1.165, 1.54) is 4.31 Å². The van der Waals surface area contributed by atoms with Crippen LogP contribution < -0.4 is 10.1 Å². The first-order valence-electron chi connectivity index (χ1n) is 9.40. The average Bonchev–Trinajstić information content (AvgIpc) is 2.67. The van der Waals surface area contributed by atoms with Crippen LogP contribution in [0.2, 0.25) is 0 Å². The molecule has 1 aliphatic rings. The fourth-order valence-corrected chi connectivity index (χ4v) is 4.74. The Morgan fingerprint density at radius 2 is 2.00 bits per heavy atom. The van der Waals surface area contributed by atoms with Crippen LogP contribution in [-0.2, 0) is 19.6 Å². The van der Waals surface area contributed by atoms with E-state index in [1.54, 1.807) is 25.3 Å². The molecule has 0 bridgehead atoms. The lowest BCUT2D eigenvalue weighted by atomic mass is 9.97. The largest absolute Gasteiger partial charge is 0.494 e. The molecule has 1 aliphatic heterocycles. The summed E-state index contributed by atoms with van der Waals surface area (Å²) in [5.74, 6) is 0.557. The highest BCUT2D eigenvalue weighted by molar-refractivity contribution is 7.89. The van der Waals surface area contributed by atoms with Gasteiger partial charge in [0.1, 0.15) is 5.75 Å². The molecule has 1 aromatic rings. The van der Waals surface area contributed by atoms with Crippen molar-refractivity contribution in [1.82, 2.24) is 9.62 Å². The summed E-state index contributed by atoms with van der Waals surface area (Å²) in [6.45, 7) is 6.16. The molecule has 0 spiro atoms. The number of benzene rings is 1. The van der Waals surface area contributed by atoms with Crippen LogP contribution in [0.1, 0.15) is 31.7 Å². The van der Waals surface area contributed by atoms with Gasteiger partial charge < -0.3 is 14.8 Å². The summed E-state index contributed by atoms with van der Waals surface area (Å²) < 4.78 is 37.7. The number of carbonyl (C=O) groups excluding carboxylic acids is 1. The molecule has 0 atom stereocenters. The molecule has 0 saturated carbocycles. The quantitative estimate of drug-likeness (QED) is 0.643. The van der Waals surface area contributed by atoms with E-state index in [-0.39, 0.29) is 16.7 Å². The van der Waals surface area contributed by atoms with E-state index in [4.69, 9.17) is 9.47 Å². The van der Waals surface area contributed by atoms with Crippen LogP contribution in [0.5, 0.6) is 5.75 Å². The Hall–Kier alpha value is -1.64. The number of hydrogen-bond donors (Lipinski definition) is 1. The Kier molecular flexibility index (Phi) is 8.07. The molecule has 152 valence electrons. The van der Waals surface area contributed by atoms with Gasteiger partial charge in [-0.2, -0.15) is 4.31 Å². The summed E-state index contributed by atoms with van der Waals surface area (Å²) in [5.41, 5.74) is 0.795. The normalized spacial score (nSPS) is 16.3. The first-order chi connectivity index (χ1) is 12.9. The van der Waals surface area contributed by atoms with E-state index in [0.717, 1.165) is 12.0 Å². The van der Waals surface area contributed by atoms with Gasteiger partial charge in [0.05, 0.1) is 11.5 Å². The highest BCUT2D eigenvalue weighted by Crippen LogP contribution is 2.27. The Morgan fingerprint density at radius 1 is 1.30 bits per heavy atom. The Balaban J connectivity index is 1.94. The van der Waals surface area contributed by atoms with Crippen molar-refractivity contribution in [2.75, 3.05) is 40.0 Å². The van der Waals surface area contributed by atoms with Crippen molar-refractivity contribution in [3.8, 4) is 5.75 Å². The molecule has 1 fully saturated rings. The second-order valence-corrected chi connectivity index (χ2v) is 8.61. The van der Waals surface area contributed by atoms with Gasteiger partial charge in [0, 0.05) is 39.3 Å². The first-order valence-corrected chi connectivity index (χ1v) is 10.8. The molecular weight excluding hydrogens is 368 g/mol. The second kappa shape index (κ2) is 10.1. The topological polar surface area (TPSA) is 84.9 Å². The third kappa shape index (κ3) is 5.67. The standard InChI is InChI=1S/C19H30N2O5S/c1-4-26-18-7-6-17(14-15(18)2)27(23,24)21-11-8-16(9-12-21)19(22)20-10-5-13-25-3/h6-7,14,16H,4-5,8-13H2,1-3H3,(H,20,22). The molecule has 0 radical (unpaired) electrons. The van der Waals surface area contributed by atoms with Crippen LogP contribution in [-0.4, -0.2) is 58.6 Å². The van der Waals surface area contributed by atoms with E-state index < -0.39 is 10.0 Å². The molecule has 8 heteroatoms. The number of nitrogens with one attached hydrogen (secondary N) is 1. The van der Waals surface area contributed by atoms with Gasteiger partial charge in [-0.15, -0.1) is 0 Å². The minimum atomic E-state index is -3.56. The van der Waals surface area contributed by atoms with Crippen molar-refractivity contribution in [2.24, 2.45) is 5.92 Å². The Morgan fingerprint density at radius 3 is 2.59 bits per heavy atom. The molecular formula is C19H30N2O5S. The smallest absolute Gasteiger partial charge is 0.243 e. The predicted octanol–water partition coefficient (Wildman–Crippen LogP) is 1.95.